The van der Waals surface area contributed by atoms with E-state index in [1.165, 1.54) is 32.1 Å². The maximum Gasteiger partial charge on any atom is 1.00 e. The molecule has 0 heterocycles. The average Bonchev–Trinajstić information content (AvgIpc) is 2.08. The average molecular weight is 296 g/mol. The number of hydrogen-bond donors (Lipinski definition) is 3. The Morgan fingerprint density at radius 3 is 1.71 bits per heavy atom. The first kappa shape index (κ1) is 23.6. The molecule has 0 aliphatic rings. The molecule has 0 fully saturated rings. The first-order valence-electron chi connectivity index (χ1n) is 5.58. The van der Waals surface area contributed by atoms with Crippen LogP contribution in [0.1, 0.15) is 53.8 Å². The Balaban J connectivity index is -0.000000122. The quantitative estimate of drug-likeness (QED) is 0.332. The van der Waals surface area contributed by atoms with Crippen LogP contribution >= 0.6 is 0 Å². The predicted molar refractivity (Wildman–Crippen MR) is 64.9 cm³/mol. The molecule has 7 heteroatoms. The third-order valence-electron chi connectivity index (χ3n) is 1.94. The Hall–Kier alpha value is 1.47. The Kier molecular flexibility index (Phi) is 21.5. The second-order valence-corrected chi connectivity index (χ2v) is 5.02. The third kappa shape index (κ3) is 46.6. The van der Waals surface area contributed by atoms with E-state index in [1.54, 1.807) is 0 Å². The minimum atomic E-state index is -4.67. The van der Waals surface area contributed by atoms with Crippen LogP contribution in [-0.4, -0.2) is 29.2 Å². The van der Waals surface area contributed by atoms with E-state index in [0.29, 0.717) is 6.61 Å². The molecule has 0 rings (SSSR count). The van der Waals surface area contributed by atoms with E-state index in [4.69, 9.17) is 22.6 Å². The number of aliphatic hydroxyl groups is 1. The third-order valence-corrected chi connectivity index (χ3v) is 1.94. The van der Waals surface area contributed by atoms with Crippen molar-refractivity contribution in [3.63, 3.8) is 0 Å². The Morgan fingerprint density at radius 2 is 1.35 bits per heavy atom. The molecule has 102 valence electrons. The summed E-state index contributed by atoms with van der Waals surface area (Å²) < 4.78 is 31.6. The second-order valence-electron chi connectivity index (χ2n) is 4.12. The number of aliphatic hydroxyl groups excluding tert-OH is 1. The summed E-state index contributed by atoms with van der Waals surface area (Å²) in [6.45, 7) is 4.91. The van der Waals surface area contributed by atoms with Gasteiger partial charge in [-0.3, -0.25) is 9.11 Å². The van der Waals surface area contributed by atoms with Crippen molar-refractivity contribution in [3.05, 3.63) is 0 Å². The Labute approximate surface area is 149 Å². The van der Waals surface area contributed by atoms with Crippen molar-refractivity contribution in [2.24, 2.45) is 5.92 Å². The van der Waals surface area contributed by atoms with E-state index in [2.05, 4.69) is 13.8 Å². The van der Waals surface area contributed by atoms with E-state index < -0.39 is 10.4 Å². The molecule has 0 aliphatic carbocycles. The molecule has 0 aromatic carbocycles. The Morgan fingerprint density at radius 1 is 1.00 bits per heavy atom. The fraction of sp³-hybridized carbons (Fsp3) is 1.00. The molecule has 0 aromatic heterocycles. The van der Waals surface area contributed by atoms with Crippen molar-refractivity contribution < 1.29 is 75.4 Å². The van der Waals surface area contributed by atoms with Crippen LogP contribution in [0.25, 0.3) is 0 Å². The first-order chi connectivity index (χ1) is 7.27. The zero-order valence-electron chi connectivity index (χ0n) is 12.1. The number of rotatable bonds is 7. The number of hydrogen-bond acceptors (Lipinski definition) is 3. The normalized spacial score (nSPS) is 10.5. The standard InChI is InChI=1S/C10H22O.K.H2O4S.H/c1-10(2)8-6-4-3-5-7-9-11;;1-5(2,3)4;/h10-11H,3-9H2,1-2H3;;(H2,1,2,3,4);/q;+1;;-1. The zero-order valence-corrected chi connectivity index (χ0v) is 15.0. The molecule has 0 spiro atoms. The summed E-state index contributed by atoms with van der Waals surface area (Å²) in [7, 11) is -4.67. The monoisotopic (exact) mass is 296 g/mol. The summed E-state index contributed by atoms with van der Waals surface area (Å²) in [6.07, 6.45) is 7.56. The van der Waals surface area contributed by atoms with E-state index in [1.807, 2.05) is 0 Å². The van der Waals surface area contributed by atoms with E-state index in [0.717, 1.165) is 12.3 Å². The Bertz CT molecular complexity index is 226. The summed E-state index contributed by atoms with van der Waals surface area (Å²) in [5.74, 6) is 0.854. The molecule has 0 radical (unpaired) electrons. The summed E-state index contributed by atoms with van der Waals surface area (Å²) in [5.41, 5.74) is 0. The summed E-state index contributed by atoms with van der Waals surface area (Å²) in [6, 6.07) is 0. The molecule has 17 heavy (non-hydrogen) atoms. The van der Waals surface area contributed by atoms with Gasteiger partial charge in [-0.15, -0.1) is 0 Å². The van der Waals surface area contributed by atoms with Crippen LogP contribution in [0, 0.1) is 5.92 Å². The van der Waals surface area contributed by atoms with Crippen LogP contribution in [0.3, 0.4) is 0 Å². The van der Waals surface area contributed by atoms with Crippen molar-refractivity contribution in [3.8, 4) is 0 Å². The molecule has 0 unspecified atom stereocenters. The van der Waals surface area contributed by atoms with Gasteiger partial charge in [0.25, 0.3) is 0 Å². The maximum atomic E-state index is 8.74. The van der Waals surface area contributed by atoms with Gasteiger partial charge in [0.2, 0.25) is 0 Å². The van der Waals surface area contributed by atoms with E-state index in [-0.39, 0.29) is 52.8 Å². The van der Waals surface area contributed by atoms with Gasteiger partial charge in [-0.05, 0) is 12.3 Å². The van der Waals surface area contributed by atoms with Crippen LogP contribution < -0.4 is 51.4 Å². The summed E-state index contributed by atoms with van der Waals surface area (Å²) >= 11 is 0. The van der Waals surface area contributed by atoms with Crippen LogP contribution in [0.15, 0.2) is 0 Å². The summed E-state index contributed by atoms with van der Waals surface area (Å²) in [5, 5.41) is 8.51. The minimum Gasteiger partial charge on any atom is -1.00 e. The fourth-order valence-electron chi connectivity index (χ4n) is 1.19. The molecule has 0 bridgehead atoms. The van der Waals surface area contributed by atoms with Gasteiger partial charge >= 0.3 is 61.8 Å². The van der Waals surface area contributed by atoms with Gasteiger partial charge in [-0.1, -0.05) is 46.0 Å². The first-order valence-corrected chi connectivity index (χ1v) is 6.97. The van der Waals surface area contributed by atoms with Crippen molar-refractivity contribution in [1.82, 2.24) is 0 Å². The van der Waals surface area contributed by atoms with Crippen molar-refractivity contribution >= 4 is 10.4 Å². The summed E-state index contributed by atoms with van der Waals surface area (Å²) in [4.78, 5) is 0. The smallest absolute Gasteiger partial charge is 1.00 e. The van der Waals surface area contributed by atoms with E-state index in [9.17, 15) is 0 Å². The number of unbranched alkanes of at least 4 members (excludes halogenated alkanes) is 4. The van der Waals surface area contributed by atoms with Gasteiger partial charge in [0, 0.05) is 6.61 Å². The van der Waals surface area contributed by atoms with Crippen molar-refractivity contribution in [2.75, 3.05) is 6.61 Å². The molecule has 0 saturated carbocycles. The predicted octanol–water partition coefficient (Wildman–Crippen LogP) is -0.561. The molecular weight excluding hydrogens is 271 g/mol. The molecule has 0 amide bonds. The largest absolute Gasteiger partial charge is 1.00 e. The van der Waals surface area contributed by atoms with Gasteiger partial charge in [0.1, 0.15) is 0 Å². The fourth-order valence-corrected chi connectivity index (χ4v) is 1.19. The molecule has 0 aromatic rings. The SMILES string of the molecule is CC(C)CCCCCCCO.O=S(=O)(O)O.[H-].[K+]. The molecule has 5 nitrogen and oxygen atoms in total. The van der Waals surface area contributed by atoms with Gasteiger partial charge < -0.3 is 6.53 Å². The maximum absolute atomic E-state index is 8.74. The van der Waals surface area contributed by atoms with Crippen molar-refractivity contribution in [1.29, 1.82) is 0 Å². The minimum absolute atomic E-state index is 0. The second kappa shape index (κ2) is 15.5. The molecule has 3 N–H and O–H groups in total. The van der Waals surface area contributed by atoms with Crippen LogP contribution in [0.2, 0.25) is 0 Å². The van der Waals surface area contributed by atoms with Gasteiger partial charge in [0.05, 0.1) is 0 Å². The molecule has 0 saturated heterocycles. The van der Waals surface area contributed by atoms with Crippen molar-refractivity contribution in [2.45, 2.75) is 52.4 Å². The van der Waals surface area contributed by atoms with Crippen LogP contribution in [0.4, 0.5) is 0 Å². The van der Waals surface area contributed by atoms with Crippen LogP contribution in [-0.2, 0) is 10.4 Å². The molecular formula is C10H25KO5S. The van der Waals surface area contributed by atoms with E-state index >= 15 is 0 Å². The molecule has 0 atom stereocenters. The van der Waals surface area contributed by atoms with Gasteiger partial charge in [-0.2, -0.15) is 8.42 Å². The molecule has 0 aliphatic heterocycles. The van der Waals surface area contributed by atoms with Crippen LogP contribution in [0.5, 0.6) is 0 Å². The van der Waals surface area contributed by atoms with Gasteiger partial charge in [0.15, 0.2) is 0 Å². The van der Waals surface area contributed by atoms with Gasteiger partial charge in [-0.25, -0.2) is 0 Å². The zero-order chi connectivity index (χ0) is 13.0. The topological polar surface area (TPSA) is 94.8 Å².